The van der Waals surface area contributed by atoms with Crippen LogP contribution in [0.4, 0.5) is 5.13 Å². The Balaban J connectivity index is 2.30. The van der Waals surface area contributed by atoms with E-state index in [1.807, 2.05) is 0 Å². The Morgan fingerprint density at radius 1 is 1.11 bits per heavy atom. The number of rotatable bonds is 4. The lowest BCUT2D eigenvalue weighted by Crippen LogP contribution is -2.12. The van der Waals surface area contributed by atoms with Crippen LogP contribution in [0, 0.1) is 0 Å². The smallest absolute Gasteiger partial charge is 0.253 e. The van der Waals surface area contributed by atoms with Crippen LogP contribution >= 0.6 is 11.5 Å². The highest BCUT2D eigenvalue weighted by Gasteiger charge is 2.19. The Hall–Kier alpha value is -1.52. The van der Waals surface area contributed by atoms with Crippen LogP contribution in [-0.4, -0.2) is 32.4 Å². The van der Waals surface area contributed by atoms with Crippen molar-refractivity contribution in [1.29, 1.82) is 0 Å². The van der Waals surface area contributed by atoms with Gasteiger partial charge in [0, 0.05) is 17.8 Å². The molecule has 0 atom stereocenters. The van der Waals surface area contributed by atoms with Crippen molar-refractivity contribution >= 4 is 36.5 Å². The fourth-order valence-corrected chi connectivity index (χ4v) is 3.86. The maximum Gasteiger partial charge on any atom is 0.263 e. The summed E-state index contributed by atoms with van der Waals surface area (Å²) >= 11 is 0.667. The highest BCUT2D eigenvalue weighted by Crippen LogP contribution is 2.19. The number of nitrogens with one attached hydrogen (secondary N) is 1. The average Bonchev–Trinajstić information content (AvgIpc) is 2.78. The van der Waals surface area contributed by atoms with Gasteiger partial charge in [0.05, 0.1) is 4.90 Å². The third kappa shape index (κ3) is 3.28. The molecule has 7 nitrogen and oxygen atoms in total. The number of aromatic nitrogens is 2. The molecule has 0 aliphatic rings. The van der Waals surface area contributed by atoms with Crippen LogP contribution in [0.1, 0.15) is 0 Å². The van der Waals surface area contributed by atoms with Crippen molar-refractivity contribution in [2.24, 2.45) is 0 Å². The Morgan fingerprint density at radius 2 is 1.74 bits per heavy atom. The monoisotopic (exact) mass is 319 g/mol. The van der Waals surface area contributed by atoms with Crippen LogP contribution in [0.15, 0.2) is 40.4 Å². The molecule has 1 N–H and O–H groups in total. The molecule has 0 saturated heterocycles. The van der Waals surface area contributed by atoms with Gasteiger partial charge in [-0.2, -0.15) is 9.36 Å². The Labute approximate surface area is 114 Å². The second-order valence-electron chi connectivity index (χ2n) is 3.57. The maximum absolute atomic E-state index is 11.9. The molecule has 0 bridgehead atoms. The zero-order valence-corrected chi connectivity index (χ0v) is 12.1. The van der Waals surface area contributed by atoms with Crippen molar-refractivity contribution < 1.29 is 16.8 Å². The molecule has 19 heavy (non-hydrogen) atoms. The molecule has 1 heterocycles. The lowest BCUT2D eigenvalue weighted by atomic mass is 10.4. The minimum absolute atomic E-state index is 0.0612. The quantitative estimate of drug-likeness (QED) is 0.891. The number of anilines is 1. The van der Waals surface area contributed by atoms with E-state index < -0.39 is 25.0 Å². The third-order valence-corrected chi connectivity index (χ3v) is 5.09. The average molecular weight is 319 g/mol. The van der Waals surface area contributed by atoms with Gasteiger partial charge in [0.15, 0.2) is 0 Å². The van der Waals surface area contributed by atoms with Crippen LogP contribution in [0.2, 0.25) is 0 Å². The predicted molar refractivity (Wildman–Crippen MR) is 70.3 cm³/mol. The van der Waals surface area contributed by atoms with E-state index in [2.05, 4.69) is 14.1 Å². The van der Waals surface area contributed by atoms with E-state index in [0.717, 1.165) is 6.26 Å². The summed E-state index contributed by atoms with van der Waals surface area (Å²) in [5.41, 5.74) is 0. The summed E-state index contributed by atoms with van der Waals surface area (Å²) in [6.07, 6.45) is 0.949. The molecule has 0 unspecified atom stereocenters. The molecule has 0 aliphatic carbocycles. The zero-order valence-electron chi connectivity index (χ0n) is 9.64. The second kappa shape index (κ2) is 4.87. The number of sulfone groups is 1. The van der Waals surface area contributed by atoms with Gasteiger partial charge < -0.3 is 0 Å². The third-order valence-electron chi connectivity index (χ3n) is 2.01. The van der Waals surface area contributed by atoms with E-state index in [-0.39, 0.29) is 10.0 Å². The first-order chi connectivity index (χ1) is 8.79. The maximum atomic E-state index is 11.9. The van der Waals surface area contributed by atoms with Gasteiger partial charge in [-0.05, 0) is 12.1 Å². The SMILES string of the molecule is CS(=O)(=O)c1nsc(NS(=O)(=O)c2ccccc2)n1. The molecular formula is C9H9N3O4S3. The van der Waals surface area contributed by atoms with Gasteiger partial charge in [-0.25, -0.2) is 16.8 Å². The fraction of sp³-hybridized carbons (Fsp3) is 0.111. The Bertz CT molecular complexity index is 781. The van der Waals surface area contributed by atoms with Crippen molar-refractivity contribution in [3.8, 4) is 0 Å². The van der Waals surface area contributed by atoms with E-state index in [4.69, 9.17) is 0 Å². The van der Waals surface area contributed by atoms with Crippen LogP contribution in [-0.2, 0) is 19.9 Å². The summed E-state index contributed by atoms with van der Waals surface area (Å²) < 4.78 is 52.0. The molecule has 1 aromatic carbocycles. The van der Waals surface area contributed by atoms with Crippen LogP contribution in [0.25, 0.3) is 0 Å². The summed E-state index contributed by atoms with van der Waals surface area (Å²) in [4.78, 5) is 3.68. The summed E-state index contributed by atoms with van der Waals surface area (Å²) in [5.74, 6) is 0. The standard InChI is InChI=1S/C9H9N3O4S3/c1-18(13,14)9-10-8(17-11-9)12-19(15,16)7-5-3-2-4-6-7/h2-6H,1H3,(H,10,11,12). The number of benzene rings is 1. The van der Waals surface area contributed by atoms with Gasteiger partial charge in [0.1, 0.15) is 0 Å². The highest BCUT2D eigenvalue weighted by atomic mass is 32.2. The number of nitrogens with zero attached hydrogens (tertiary/aromatic N) is 2. The largest absolute Gasteiger partial charge is 0.263 e. The molecule has 0 spiro atoms. The number of hydrogen-bond acceptors (Lipinski definition) is 7. The topological polar surface area (TPSA) is 106 Å². The number of sulfonamides is 1. The predicted octanol–water partition coefficient (Wildman–Crippen LogP) is 0.742. The van der Waals surface area contributed by atoms with E-state index in [1.54, 1.807) is 18.2 Å². The van der Waals surface area contributed by atoms with Crippen molar-refractivity contribution in [2.45, 2.75) is 10.1 Å². The van der Waals surface area contributed by atoms with E-state index in [1.165, 1.54) is 12.1 Å². The fourth-order valence-electron chi connectivity index (χ4n) is 1.18. The van der Waals surface area contributed by atoms with Crippen molar-refractivity contribution in [2.75, 3.05) is 11.0 Å². The summed E-state index contributed by atoms with van der Waals surface area (Å²) in [5, 5.41) is -0.493. The molecule has 0 saturated carbocycles. The first-order valence-corrected chi connectivity index (χ1v) is 9.05. The van der Waals surface area contributed by atoms with Gasteiger partial charge in [-0.3, -0.25) is 4.72 Å². The molecule has 0 fully saturated rings. The van der Waals surface area contributed by atoms with Gasteiger partial charge >= 0.3 is 0 Å². The van der Waals surface area contributed by atoms with Gasteiger partial charge in [-0.1, -0.05) is 18.2 Å². The van der Waals surface area contributed by atoms with Crippen LogP contribution in [0.3, 0.4) is 0 Å². The highest BCUT2D eigenvalue weighted by molar-refractivity contribution is 7.93. The van der Waals surface area contributed by atoms with Crippen LogP contribution < -0.4 is 4.72 Å². The van der Waals surface area contributed by atoms with E-state index in [0.29, 0.717) is 11.5 Å². The Kier molecular flexibility index (Phi) is 3.56. The first-order valence-electron chi connectivity index (χ1n) is 4.91. The molecule has 0 radical (unpaired) electrons. The van der Waals surface area contributed by atoms with Crippen LogP contribution in [0.5, 0.6) is 0 Å². The first kappa shape index (κ1) is 13.9. The summed E-state index contributed by atoms with van der Waals surface area (Å²) in [6, 6.07) is 7.68. The van der Waals surface area contributed by atoms with Crippen molar-refractivity contribution in [3.05, 3.63) is 30.3 Å². The molecule has 10 heteroatoms. The minimum Gasteiger partial charge on any atom is -0.253 e. The second-order valence-corrected chi connectivity index (χ2v) is 7.92. The van der Waals surface area contributed by atoms with Gasteiger partial charge in [0.25, 0.3) is 15.2 Å². The normalized spacial score (nSPS) is 12.3. The van der Waals surface area contributed by atoms with Crippen molar-refractivity contribution in [3.63, 3.8) is 0 Å². The summed E-state index contributed by atoms with van der Waals surface area (Å²) in [7, 11) is -7.33. The number of hydrogen-bond donors (Lipinski definition) is 1. The molecule has 2 aromatic rings. The molecule has 102 valence electrons. The lowest BCUT2D eigenvalue weighted by Gasteiger charge is -2.03. The summed E-state index contributed by atoms with van der Waals surface area (Å²) in [6.45, 7) is 0. The van der Waals surface area contributed by atoms with E-state index >= 15 is 0 Å². The molecule has 1 aromatic heterocycles. The zero-order chi connectivity index (χ0) is 14.1. The minimum atomic E-state index is -3.78. The Morgan fingerprint density at radius 3 is 2.26 bits per heavy atom. The lowest BCUT2D eigenvalue weighted by molar-refractivity contribution is 0.594. The van der Waals surface area contributed by atoms with Crippen molar-refractivity contribution in [1.82, 2.24) is 9.36 Å². The van der Waals surface area contributed by atoms with Gasteiger partial charge in [-0.15, -0.1) is 0 Å². The van der Waals surface area contributed by atoms with Gasteiger partial charge in [0.2, 0.25) is 15.0 Å². The molecule has 0 amide bonds. The van der Waals surface area contributed by atoms with E-state index in [9.17, 15) is 16.8 Å². The molecule has 2 rings (SSSR count). The molecule has 0 aliphatic heterocycles. The molecular weight excluding hydrogens is 310 g/mol.